The molecule has 6 nitrogen and oxygen atoms in total. The second kappa shape index (κ2) is 6.80. The number of alkyl halides is 3. The molecule has 9 heteroatoms. The van der Waals surface area contributed by atoms with Gasteiger partial charge in [0.05, 0.1) is 16.8 Å². The lowest BCUT2D eigenvalue weighted by atomic mass is 9.78. The van der Waals surface area contributed by atoms with Gasteiger partial charge >= 0.3 is 12.3 Å². The van der Waals surface area contributed by atoms with E-state index in [0.717, 1.165) is 23.1 Å². The fourth-order valence-corrected chi connectivity index (χ4v) is 3.55. The first-order chi connectivity index (χ1) is 13.1. The lowest BCUT2D eigenvalue weighted by molar-refractivity contribution is -0.137. The zero-order valence-electron chi connectivity index (χ0n) is 14.9. The standard InChI is InChI=1S/C19H17F3N4O2/c1-2-18(24)8-14(15-5-3-11(9-23)10-25-15)13-7-12(19(20,21)22)4-6-16(13)26(18)17(27)28/h3-7,10,14H,2,8,24H2,1H3,(H,27,28)/t14-,18+/m0/s1. The third-order valence-electron chi connectivity index (χ3n) is 5.05. The van der Waals surface area contributed by atoms with E-state index in [1.165, 1.54) is 12.3 Å². The number of aromatic nitrogens is 1. The van der Waals surface area contributed by atoms with Gasteiger partial charge in [0.1, 0.15) is 11.7 Å². The molecule has 0 aliphatic carbocycles. The van der Waals surface area contributed by atoms with Gasteiger partial charge in [0.2, 0.25) is 0 Å². The van der Waals surface area contributed by atoms with Crippen LogP contribution in [0.25, 0.3) is 0 Å². The summed E-state index contributed by atoms with van der Waals surface area (Å²) in [5, 5.41) is 18.6. The second-order valence-corrected chi connectivity index (χ2v) is 6.69. The molecule has 1 amide bonds. The van der Waals surface area contributed by atoms with Gasteiger partial charge < -0.3 is 10.8 Å². The number of hydrogen-bond donors (Lipinski definition) is 2. The Hall–Kier alpha value is -3.12. The molecule has 1 aromatic carbocycles. The Morgan fingerprint density at radius 2 is 2.14 bits per heavy atom. The molecule has 2 aromatic rings. The number of amides is 1. The fraction of sp³-hybridized carbons (Fsp3) is 0.316. The highest BCUT2D eigenvalue weighted by Gasteiger charge is 2.46. The molecule has 3 N–H and O–H groups in total. The fourth-order valence-electron chi connectivity index (χ4n) is 3.55. The summed E-state index contributed by atoms with van der Waals surface area (Å²) >= 11 is 0. The molecule has 0 bridgehead atoms. The Morgan fingerprint density at radius 1 is 1.43 bits per heavy atom. The lowest BCUT2D eigenvalue weighted by Crippen LogP contribution is -2.61. The molecule has 0 fully saturated rings. The van der Waals surface area contributed by atoms with Crippen LogP contribution < -0.4 is 10.6 Å². The van der Waals surface area contributed by atoms with Crippen LogP contribution in [-0.2, 0) is 6.18 Å². The van der Waals surface area contributed by atoms with Crippen molar-refractivity contribution >= 4 is 11.8 Å². The van der Waals surface area contributed by atoms with Crippen LogP contribution in [0.15, 0.2) is 36.5 Å². The van der Waals surface area contributed by atoms with Crippen molar-refractivity contribution in [1.82, 2.24) is 4.98 Å². The topological polar surface area (TPSA) is 103 Å². The highest BCUT2D eigenvalue weighted by molar-refractivity contribution is 5.90. The molecule has 1 aromatic heterocycles. The molecule has 0 unspecified atom stereocenters. The van der Waals surface area contributed by atoms with Gasteiger partial charge in [-0.25, -0.2) is 4.79 Å². The SMILES string of the molecule is CC[C@]1(N)C[C@H](c2ccc(C#N)cn2)c2cc(C(F)(F)F)ccc2N1C(=O)O. The summed E-state index contributed by atoms with van der Waals surface area (Å²) in [5.74, 6) is -0.648. The molecule has 3 rings (SSSR count). The number of nitriles is 1. The number of rotatable bonds is 2. The second-order valence-electron chi connectivity index (χ2n) is 6.69. The smallest absolute Gasteiger partial charge is 0.416 e. The van der Waals surface area contributed by atoms with Crippen LogP contribution in [0.1, 0.15) is 48.1 Å². The molecule has 0 saturated heterocycles. The largest absolute Gasteiger partial charge is 0.465 e. The molecule has 0 saturated carbocycles. The van der Waals surface area contributed by atoms with Gasteiger partial charge in [0.25, 0.3) is 0 Å². The highest BCUT2D eigenvalue weighted by atomic mass is 19.4. The molecule has 1 aliphatic rings. The summed E-state index contributed by atoms with van der Waals surface area (Å²) in [7, 11) is 0. The van der Waals surface area contributed by atoms with Crippen molar-refractivity contribution in [3.8, 4) is 6.07 Å². The van der Waals surface area contributed by atoms with Gasteiger partial charge in [0, 0.05) is 17.8 Å². The van der Waals surface area contributed by atoms with E-state index in [4.69, 9.17) is 11.0 Å². The van der Waals surface area contributed by atoms with E-state index in [2.05, 4.69) is 4.98 Å². The lowest BCUT2D eigenvalue weighted by Gasteiger charge is -2.46. The summed E-state index contributed by atoms with van der Waals surface area (Å²) < 4.78 is 39.8. The van der Waals surface area contributed by atoms with Crippen LogP contribution in [0.3, 0.4) is 0 Å². The summed E-state index contributed by atoms with van der Waals surface area (Å²) in [6, 6.07) is 7.94. The van der Waals surface area contributed by atoms with E-state index in [9.17, 15) is 23.1 Å². The van der Waals surface area contributed by atoms with Crippen molar-refractivity contribution in [3.05, 3.63) is 58.9 Å². The zero-order chi connectivity index (χ0) is 20.7. The third-order valence-corrected chi connectivity index (χ3v) is 5.05. The van der Waals surface area contributed by atoms with Crippen LogP contribution in [0, 0.1) is 11.3 Å². The van der Waals surface area contributed by atoms with Gasteiger partial charge in [-0.15, -0.1) is 0 Å². The van der Waals surface area contributed by atoms with Crippen molar-refractivity contribution in [2.75, 3.05) is 4.90 Å². The Morgan fingerprint density at radius 3 is 2.64 bits per heavy atom. The monoisotopic (exact) mass is 390 g/mol. The van der Waals surface area contributed by atoms with Crippen molar-refractivity contribution in [1.29, 1.82) is 5.26 Å². The van der Waals surface area contributed by atoms with Crippen LogP contribution in [0.2, 0.25) is 0 Å². The van der Waals surface area contributed by atoms with Crippen molar-refractivity contribution < 1.29 is 23.1 Å². The van der Waals surface area contributed by atoms with E-state index in [1.807, 2.05) is 6.07 Å². The van der Waals surface area contributed by atoms with E-state index < -0.39 is 29.4 Å². The first-order valence-electron chi connectivity index (χ1n) is 8.50. The van der Waals surface area contributed by atoms with Gasteiger partial charge in [-0.1, -0.05) is 6.92 Å². The maximum Gasteiger partial charge on any atom is 0.416 e. The van der Waals surface area contributed by atoms with E-state index in [0.29, 0.717) is 11.3 Å². The number of carboxylic acid groups (broad SMARTS) is 1. The predicted molar refractivity (Wildman–Crippen MR) is 94.6 cm³/mol. The molecule has 0 radical (unpaired) electrons. The quantitative estimate of drug-likeness (QED) is 0.805. The minimum absolute atomic E-state index is 0.0585. The normalized spacial score (nSPS) is 21.7. The molecule has 2 heterocycles. The molecular formula is C19H17F3N4O2. The maximum absolute atomic E-state index is 13.3. The van der Waals surface area contributed by atoms with Crippen molar-refractivity contribution in [2.45, 2.75) is 37.5 Å². The van der Waals surface area contributed by atoms with Crippen molar-refractivity contribution in [3.63, 3.8) is 0 Å². The molecule has 28 heavy (non-hydrogen) atoms. The Labute approximate surface area is 159 Å². The van der Waals surface area contributed by atoms with Crippen LogP contribution >= 0.6 is 0 Å². The number of hydrogen-bond acceptors (Lipinski definition) is 4. The summed E-state index contributed by atoms with van der Waals surface area (Å²) in [4.78, 5) is 17.0. The number of halogens is 3. The van der Waals surface area contributed by atoms with Gasteiger partial charge in [-0.3, -0.25) is 9.88 Å². The average Bonchev–Trinajstić information content (AvgIpc) is 2.66. The highest BCUT2D eigenvalue weighted by Crippen LogP contribution is 2.47. The number of pyridine rings is 1. The zero-order valence-corrected chi connectivity index (χ0v) is 14.9. The molecule has 0 spiro atoms. The van der Waals surface area contributed by atoms with Crippen LogP contribution in [0.5, 0.6) is 0 Å². The maximum atomic E-state index is 13.3. The average molecular weight is 390 g/mol. The minimum atomic E-state index is -4.58. The third kappa shape index (κ3) is 3.27. The first kappa shape index (κ1) is 19.6. The van der Waals surface area contributed by atoms with Gasteiger partial charge in [-0.2, -0.15) is 18.4 Å². The number of fused-ring (bicyclic) bond motifs is 1. The number of nitrogens with zero attached hydrogens (tertiary/aromatic N) is 3. The number of anilines is 1. The Balaban J connectivity index is 2.24. The molecular weight excluding hydrogens is 373 g/mol. The Kier molecular flexibility index (Phi) is 4.77. The van der Waals surface area contributed by atoms with Crippen molar-refractivity contribution in [2.24, 2.45) is 5.73 Å². The first-order valence-corrected chi connectivity index (χ1v) is 8.50. The minimum Gasteiger partial charge on any atom is -0.465 e. The predicted octanol–water partition coefficient (Wildman–Crippen LogP) is 4.06. The van der Waals surface area contributed by atoms with Gasteiger partial charge in [-0.05, 0) is 48.7 Å². The van der Waals surface area contributed by atoms with E-state index in [1.54, 1.807) is 13.0 Å². The van der Waals surface area contributed by atoms with Gasteiger partial charge in [0.15, 0.2) is 0 Å². The number of carbonyl (C=O) groups is 1. The number of benzene rings is 1. The summed E-state index contributed by atoms with van der Waals surface area (Å²) in [5.41, 5.74) is 5.21. The molecule has 2 atom stereocenters. The van der Waals surface area contributed by atoms with E-state index >= 15 is 0 Å². The van der Waals surface area contributed by atoms with Crippen LogP contribution in [-0.4, -0.2) is 21.8 Å². The molecule has 1 aliphatic heterocycles. The summed E-state index contributed by atoms with van der Waals surface area (Å²) in [6.45, 7) is 1.72. The number of nitrogens with two attached hydrogens (primary N) is 1. The van der Waals surface area contributed by atoms with E-state index in [-0.39, 0.29) is 24.1 Å². The summed E-state index contributed by atoms with van der Waals surface area (Å²) in [6.07, 6.45) is -4.27. The molecule has 146 valence electrons. The van der Waals surface area contributed by atoms with Crippen LogP contribution in [0.4, 0.5) is 23.7 Å². The Bertz CT molecular complexity index is 953.